The molecule has 9 rings (SSSR count). The number of aromatic nitrogens is 5. The van der Waals surface area contributed by atoms with E-state index in [0.717, 1.165) is 27.2 Å². The fourth-order valence-electron chi connectivity index (χ4n) is 8.93. The number of benzene rings is 4. The van der Waals surface area contributed by atoms with Gasteiger partial charge in [-0.1, -0.05) is 42.5 Å². The van der Waals surface area contributed by atoms with Crippen LogP contribution in [0.15, 0.2) is 111 Å². The summed E-state index contributed by atoms with van der Waals surface area (Å²) in [5, 5.41) is 11.7. The van der Waals surface area contributed by atoms with Crippen LogP contribution in [0, 0.1) is 5.82 Å². The molecule has 2 aliphatic heterocycles. The molecular formula is C44H37Cl2FN6O9. The maximum Gasteiger partial charge on any atom is 0.347 e. The molecule has 2 amide bonds. The second-order valence-electron chi connectivity index (χ2n) is 15.3. The minimum Gasteiger partial charge on any atom is -0.508 e. The van der Waals surface area contributed by atoms with Crippen molar-refractivity contribution in [3.05, 3.63) is 151 Å². The number of carbonyl (C=O) groups is 2. The van der Waals surface area contributed by atoms with Gasteiger partial charge in [0.1, 0.15) is 29.6 Å². The Balaban J connectivity index is 1.12. The highest BCUT2D eigenvalue weighted by molar-refractivity contribution is 6.58. The van der Waals surface area contributed by atoms with Crippen molar-refractivity contribution in [2.75, 3.05) is 19.1 Å². The number of ether oxygens (including phenoxy) is 3. The third-order valence-electron chi connectivity index (χ3n) is 12.0. The molecule has 4 unspecified atom stereocenters. The quantitative estimate of drug-likeness (QED) is 0.113. The summed E-state index contributed by atoms with van der Waals surface area (Å²) in [6.07, 6.45) is 1.10. The van der Waals surface area contributed by atoms with Gasteiger partial charge in [0.2, 0.25) is 0 Å². The van der Waals surface area contributed by atoms with Gasteiger partial charge in [-0.3, -0.25) is 14.4 Å². The number of alkyl halides is 2. The Morgan fingerprint density at radius 2 is 1.60 bits per heavy atom. The van der Waals surface area contributed by atoms with Crippen molar-refractivity contribution >= 4 is 51.7 Å². The van der Waals surface area contributed by atoms with Gasteiger partial charge in [-0.15, -0.1) is 23.2 Å². The van der Waals surface area contributed by atoms with E-state index in [2.05, 4.69) is 4.98 Å². The van der Waals surface area contributed by atoms with E-state index in [1.165, 1.54) is 52.4 Å². The maximum atomic E-state index is 14.7. The molecule has 1 saturated heterocycles. The molecule has 0 bridgehead atoms. The van der Waals surface area contributed by atoms with Gasteiger partial charge in [0, 0.05) is 56.1 Å². The SMILES string of the molecule is COc1cc2nc(CCn3c(=O)n4n(c3=O)C3CC5(Cl)C(=O)N(c6ccc(F)cc6)C(=O)C5(Cl)C(c5ccc(OCc6ccccc6)cc5O)C3=CC4)c(=O)n(C)c2cc1OC. The molecule has 2 fully saturated rings. The van der Waals surface area contributed by atoms with E-state index in [1.54, 1.807) is 31.3 Å². The standard InChI is InChI=1S/C44H37Cl2FN6O9/c1-49-32-21-36(61-3)35(60-2)20-31(32)48-30(38(49)55)16-17-50-41(58)51-18-15-28-33(53(51)42(50)59)22-43(45)39(56)52(26-11-9-25(47)10-12-26)40(57)44(43,46)37(28)29-14-13-27(19-34(29)54)62-23-24-7-5-4-6-8-24/h4-15,19-21,33,37,54H,16-18,22-23H2,1-3H3. The number of nitrogens with zero attached hydrogens (tertiary/aromatic N) is 6. The minimum atomic E-state index is -2.30. The van der Waals surface area contributed by atoms with E-state index in [9.17, 15) is 33.5 Å². The monoisotopic (exact) mass is 882 g/mol. The van der Waals surface area contributed by atoms with Crippen molar-refractivity contribution in [1.29, 1.82) is 0 Å². The molecule has 1 aliphatic carbocycles. The molecule has 1 N–H and O–H groups in total. The fourth-order valence-corrected chi connectivity index (χ4v) is 9.84. The minimum absolute atomic E-state index is 0.00619. The number of phenolic OH excluding ortho intramolecular Hbond substituents is 1. The first-order chi connectivity index (χ1) is 29.7. The van der Waals surface area contributed by atoms with E-state index in [0.29, 0.717) is 33.9 Å². The number of rotatable bonds is 10. The van der Waals surface area contributed by atoms with Crippen LogP contribution in [0.2, 0.25) is 0 Å². The highest BCUT2D eigenvalue weighted by Crippen LogP contribution is 2.64. The topological polar surface area (TPSA) is 169 Å². The number of fused-ring (bicyclic) bond motifs is 5. The van der Waals surface area contributed by atoms with Gasteiger partial charge in [-0.05, 0) is 41.5 Å². The Bertz CT molecular complexity index is 3060. The van der Waals surface area contributed by atoms with E-state index in [1.807, 2.05) is 30.3 Å². The number of aryl methyl sites for hydroxylation is 2. The highest BCUT2D eigenvalue weighted by atomic mass is 35.5. The van der Waals surface area contributed by atoms with E-state index in [-0.39, 0.29) is 48.8 Å². The van der Waals surface area contributed by atoms with Crippen molar-refractivity contribution in [2.24, 2.45) is 7.05 Å². The highest BCUT2D eigenvalue weighted by Gasteiger charge is 2.76. The van der Waals surface area contributed by atoms with Gasteiger partial charge in [0.05, 0.1) is 43.5 Å². The second kappa shape index (κ2) is 15.1. The van der Waals surface area contributed by atoms with Crippen LogP contribution in [0.3, 0.4) is 0 Å². The number of imide groups is 1. The summed E-state index contributed by atoms with van der Waals surface area (Å²) in [5.74, 6) is -3.07. The van der Waals surface area contributed by atoms with Crippen LogP contribution in [-0.4, -0.2) is 64.4 Å². The summed E-state index contributed by atoms with van der Waals surface area (Å²) in [6.45, 7) is -0.219. The van der Waals surface area contributed by atoms with Crippen LogP contribution in [0.25, 0.3) is 11.0 Å². The molecule has 6 aromatic rings. The average molecular weight is 884 g/mol. The molecule has 4 atom stereocenters. The number of halogens is 3. The maximum absolute atomic E-state index is 14.7. The Hall–Kier alpha value is -6.65. The van der Waals surface area contributed by atoms with Crippen LogP contribution in [-0.2, 0) is 42.8 Å². The van der Waals surface area contributed by atoms with Crippen molar-refractivity contribution in [3.8, 4) is 23.0 Å². The average Bonchev–Trinajstić information content (AvgIpc) is 3.60. The number of hydrogen-bond donors (Lipinski definition) is 1. The van der Waals surface area contributed by atoms with Crippen molar-refractivity contribution in [2.45, 2.75) is 54.2 Å². The lowest BCUT2D eigenvalue weighted by Gasteiger charge is -2.49. The molecule has 4 heterocycles. The molecule has 1 saturated carbocycles. The predicted octanol–water partition coefficient (Wildman–Crippen LogP) is 4.94. The summed E-state index contributed by atoms with van der Waals surface area (Å²) in [6, 6.07) is 20.6. The molecule has 62 heavy (non-hydrogen) atoms. The third kappa shape index (κ3) is 6.06. The molecule has 4 aromatic carbocycles. The van der Waals surface area contributed by atoms with E-state index >= 15 is 0 Å². The smallest absolute Gasteiger partial charge is 0.347 e. The number of anilines is 1. The van der Waals surface area contributed by atoms with Crippen molar-refractivity contribution in [1.82, 2.24) is 23.5 Å². The number of hydrogen-bond acceptors (Lipinski definition) is 10. The van der Waals surface area contributed by atoms with Gasteiger partial charge in [-0.25, -0.2) is 37.8 Å². The van der Waals surface area contributed by atoms with Gasteiger partial charge < -0.3 is 23.9 Å². The zero-order chi connectivity index (χ0) is 43.8. The van der Waals surface area contributed by atoms with Gasteiger partial charge in [0.25, 0.3) is 17.4 Å². The summed E-state index contributed by atoms with van der Waals surface area (Å²) in [5.41, 5.74) is 0.373. The molecule has 18 heteroatoms. The molecular weight excluding hydrogens is 846 g/mol. The van der Waals surface area contributed by atoms with Crippen LogP contribution in [0.1, 0.15) is 35.2 Å². The number of allylic oxidation sites excluding steroid dienone is 2. The van der Waals surface area contributed by atoms with Crippen LogP contribution < -0.4 is 36.0 Å². The van der Waals surface area contributed by atoms with Crippen LogP contribution in [0.4, 0.5) is 10.1 Å². The molecule has 318 valence electrons. The number of amides is 2. The van der Waals surface area contributed by atoms with E-state index < -0.39 is 62.7 Å². The molecule has 3 aliphatic rings. The summed E-state index contributed by atoms with van der Waals surface area (Å²) < 4.78 is 35.6. The molecule has 0 spiro atoms. The number of carbonyl (C=O) groups excluding carboxylic acids is 2. The Morgan fingerprint density at radius 3 is 2.29 bits per heavy atom. The summed E-state index contributed by atoms with van der Waals surface area (Å²) in [4.78, 5) is 72.2. The summed E-state index contributed by atoms with van der Waals surface area (Å²) in [7, 11) is 4.51. The van der Waals surface area contributed by atoms with Gasteiger partial charge in [-0.2, -0.15) is 0 Å². The number of methoxy groups -OCH3 is 2. The second-order valence-corrected chi connectivity index (χ2v) is 16.5. The van der Waals surface area contributed by atoms with Crippen molar-refractivity contribution in [3.63, 3.8) is 0 Å². The number of phenols is 1. The van der Waals surface area contributed by atoms with Crippen LogP contribution in [0.5, 0.6) is 23.0 Å². The van der Waals surface area contributed by atoms with Gasteiger partial charge in [0.15, 0.2) is 21.2 Å². The Labute approximate surface area is 361 Å². The third-order valence-corrected chi connectivity index (χ3v) is 13.4. The first-order valence-corrected chi connectivity index (χ1v) is 20.2. The Kier molecular flexibility index (Phi) is 9.90. The fraction of sp³-hybridized carbons (Fsp3) is 0.273. The number of aromatic hydroxyl groups is 1. The zero-order valence-corrected chi connectivity index (χ0v) is 34.9. The lowest BCUT2D eigenvalue weighted by molar-refractivity contribution is -0.122. The lowest BCUT2D eigenvalue weighted by Crippen LogP contribution is -2.59. The zero-order valence-electron chi connectivity index (χ0n) is 33.4. The normalized spacial score (nSPS) is 21.6. The first-order valence-electron chi connectivity index (χ1n) is 19.5. The first kappa shape index (κ1) is 40.7. The lowest BCUT2D eigenvalue weighted by atomic mass is 9.64. The predicted molar refractivity (Wildman–Crippen MR) is 226 cm³/mol. The van der Waals surface area contributed by atoms with Crippen molar-refractivity contribution < 1.29 is 33.3 Å². The molecule has 0 radical (unpaired) electrons. The van der Waals surface area contributed by atoms with Crippen LogP contribution >= 0.6 is 23.2 Å². The van der Waals surface area contributed by atoms with E-state index in [4.69, 9.17) is 37.4 Å². The largest absolute Gasteiger partial charge is 0.508 e. The molecule has 2 aromatic heterocycles. The Morgan fingerprint density at radius 1 is 0.887 bits per heavy atom. The van der Waals surface area contributed by atoms with Gasteiger partial charge >= 0.3 is 11.4 Å². The summed E-state index contributed by atoms with van der Waals surface area (Å²) >= 11 is 14.9. The molecule has 15 nitrogen and oxygen atoms in total.